The molecule has 5 rings (SSSR count). The molecular formula is C25H23N5O3S3. The Morgan fingerprint density at radius 2 is 2.14 bits per heavy atom. The topological polar surface area (TPSA) is 144 Å². The van der Waals surface area contributed by atoms with Crippen molar-refractivity contribution < 1.29 is 14.3 Å². The summed E-state index contributed by atoms with van der Waals surface area (Å²) < 4.78 is 5.32. The highest BCUT2D eigenvalue weighted by Crippen LogP contribution is 2.45. The van der Waals surface area contributed by atoms with Crippen LogP contribution < -0.4 is 16.8 Å². The molecule has 4 aromatic rings. The number of ether oxygens (including phenoxy) is 1. The van der Waals surface area contributed by atoms with E-state index in [9.17, 15) is 14.9 Å². The fourth-order valence-electron chi connectivity index (χ4n) is 4.54. The Bertz CT molecular complexity index is 1550. The van der Waals surface area contributed by atoms with Crippen molar-refractivity contribution in [2.24, 2.45) is 5.92 Å². The Labute approximate surface area is 219 Å². The normalized spacial score (nSPS) is 14.9. The number of fused-ring (bicyclic) bond motifs is 2. The Morgan fingerprint density at radius 1 is 1.33 bits per heavy atom. The fraction of sp³-hybridized carbons (Fsp3) is 0.280. The molecule has 4 heterocycles. The maximum absolute atomic E-state index is 13.5. The average Bonchev–Trinajstić information content (AvgIpc) is 3.56. The van der Waals surface area contributed by atoms with Crippen LogP contribution in [0.2, 0.25) is 0 Å². The van der Waals surface area contributed by atoms with Crippen molar-refractivity contribution in [1.82, 2.24) is 4.98 Å². The van der Waals surface area contributed by atoms with Gasteiger partial charge in [0.25, 0.3) is 5.91 Å². The van der Waals surface area contributed by atoms with Crippen LogP contribution >= 0.6 is 34.0 Å². The quantitative estimate of drug-likeness (QED) is 0.278. The number of esters is 1. The molecule has 1 unspecified atom stereocenters. The second-order valence-corrected chi connectivity index (χ2v) is 11.6. The van der Waals surface area contributed by atoms with Crippen LogP contribution in [0.25, 0.3) is 20.7 Å². The van der Waals surface area contributed by atoms with Crippen molar-refractivity contribution in [2.45, 2.75) is 33.1 Å². The Hall–Kier alpha value is -3.46. The van der Waals surface area contributed by atoms with Crippen LogP contribution in [0.15, 0.2) is 17.5 Å². The zero-order chi connectivity index (χ0) is 25.6. The van der Waals surface area contributed by atoms with Crippen molar-refractivity contribution in [1.29, 1.82) is 5.26 Å². The fourth-order valence-corrected chi connectivity index (χ4v) is 7.72. The van der Waals surface area contributed by atoms with E-state index in [0.717, 1.165) is 45.9 Å². The first-order valence-electron chi connectivity index (χ1n) is 11.4. The van der Waals surface area contributed by atoms with E-state index in [0.29, 0.717) is 32.3 Å². The SMILES string of the molecule is CCOC(=O)c1c(NC(=O)c2sc3nc(N)c(C#N)c(-c4cccs4)c3c2N)sc2c1CCC(C)C2. The van der Waals surface area contributed by atoms with Gasteiger partial charge >= 0.3 is 5.97 Å². The highest BCUT2D eigenvalue weighted by atomic mass is 32.1. The summed E-state index contributed by atoms with van der Waals surface area (Å²) in [4.78, 5) is 33.4. The molecule has 0 fully saturated rings. The van der Waals surface area contributed by atoms with E-state index >= 15 is 0 Å². The van der Waals surface area contributed by atoms with Gasteiger partial charge in [0.2, 0.25) is 0 Å². The van der Waals surface area contributed by atoms with Crippen LogP contribution in [-0.4, -0.2) is 23.5 Å². The third-order valence-electron chi connectivity index (χ3n) is 6.21. The lowest BCUT2D eigenvalue weighted by molar-refractivity contribution is 0.0526. The lowest BCUT2D eigenvalue weighted by Crippen LogP contribution is -2.16. The summed E-state index contributed by atoms with van der Waals surface area (Å²) in [6.45, 7) is 4.19. The van der Waals surface area contributed by atoms with Crippen molar-refractivity contribution >= 4 is 72.6 Å². The standard InChI is InChI=1S/C25H23N5O3S3/c1-3-33-25(32)17-12-7-6-11(2)9-15(12)35-23(17)30-22(31)20-19(27)18-16(14-5-4-8-34-14)13(10-26)21(28)29-24(18)36-20/h4-5,8,11H,3,6-7,9,27H2,1-2H3,(H2,28,29)(H,30,31). The van der Waals surface area contributed by atoms with Gasteiger partial charge in [-0.1, -0.05) is 13.0 Å². The summed E-state index contributed by atoms with van der Waals surface area (Å²) in [7, 11) is 0. The van der Waals surface area contributed by atoms with Crippen molar-refractivity contribution in [3.8, 4) is 16.5 Å². The van der Waals surface area contributed by atoms with Gasteiger partial charge in [-0.05, 0) is 49.1 Å². The molecule has 0 saturated heterocycles. The smallest absolute Gasteiger partial charge is 0.341 e. The number of nitrogens with one attached hydrogen (secondary N) is 1. The van der Waals surface area contributed by atoms with E-state index in [4.69, 9.17) is 16.2 Å². The van der Waals surface area contributed by atoms with Gasteiger partial charge in [0.1, 0.15) is 32.2 Å². The van der Waals surface area contributed by atoms with E-state index in [1.54, 1.807) is 6.92 Å². The average molecular weight is 538 g/mol. The molecule has 0 bridgehead atoms. The van der Waals surface area contributed by atoms with Crippen LogP contribution in [0.4, 0.5) is 16.5 Å². The van der Waals surface area contributed by atoms with Crippen LogP contribution in [0.5, 0.6) is 0 Å². The number of pyridine rings is 1. The Morgan fingerprint density at radius 3 is 2.83 bits per heavy atom. The maximum atomic E-state index is 13.5. The number of amides is 1. The van der Waals surface area contributed by atoms with E-state index in [2.05, 4.69) is 23.3 Å². The number of nitrogens with two attached hydrogens (primary N) is 2. The molecule has 8 nitrogen and oxygen atoms in total. The third kappa shape index (κ3) is 4.01. The number of thiophene rings is 3. The zero-order valence-corrected chi connectivity index (χ0v) is 22.1. The zero-order valence-electron chi connectivity index (χ0n) is 19.6. The molecular weight excluding hydrogens is 515 g/mol. The van der Waals surface area contributed by atoms with Gasteiger partial charge in [0, 0.05) is 20.7 Å². The maximum Gasteiger partial charge on any atom is 0.341 e. The summed E-state index contributed by atoms with van der Waals surface area (Å²) >= 11 is 3.98. The number of aromatic nitrogens is 1. The molecule has 4 aromatic heterocycles. The van der Waals surface area contributed by atoms with Gasteiger partial charge in [0.05, 0.1) is 17.9 Å². The summed E-state index contributed by atoms with van der Waals surface area (Å²) in [6.07, 6.45) is 2.61. The molecule has 0 spiro atoms. The number of hydrogen-bond donors (Lipinski definition) is 3. The third-order valence-corrected chi connectivity index (χ3v) is 9.36. The molecule has 1 aliphatic carbocycles. The number of hydrogen-bond acceptors (Lipinski definition) is 10. The van der Waals surface area contributed by atoms with Crippen molar-refractivity contribution in [2.75, 3.05) is 23.4 Å². The van der Waals surface area contributed by atoms with Gasteiger partial charge < -0.3 is 21.5 Å². The minimum atomic E-state index is -0.443. The number of anilines is 3. The molecule has 0 aliphatic heterocycles. The number of carbonyl (C=O) groups is 2. The lowest BCUT2D eigenvalue weighted by atomic mass is 9.88. The summed E-state index contributed by atoms with van der Waals surface area (Å²) in [5, 5.41) is 15.6. The molecule has 0 radical (unpaired) electrons. The number of nitrogen functional groups attached to an aromatic ring is 2. The van der Waals surface area contributed by atoms with Crippen LogP contribution in [0, 0.1) is 17.2 Å². The second kappa shape index (κ2) is 9.54. The van der Waals surface area contributed by atoms with Crippen molar-refractivity contribution in [3.63, 3.8) is 0 Å². The number of carbonyl (C=O) groups excluding carboxylic acids is 2. The number of nitrogens with zero attached hydrogens (tertiary/aromatic N) is 2. The molecule has 5 N–H and O–H groups in total. The van der Waals surface area contributed by atoms with E-state index in [1.165, 1.54) is 22.7 Å². The molecule has 184 valence electrons. The summed E-state index contributed by atoms with van der Waals surface area (Å²) in [5.41, 5.74) is 15.0. The summed E-state index contributed by atoms with van der Waals surface area (Å²) in [5.74, 6) is -0.278. The van der Waals surface area contributed by atoms with Crippen molar-refractivity contribution in [3.05, 3.63) is 44.0 Å². The van der Waals surface area contributed by atoms with Gasteiger partial charge in [-0.15, -0.1) is 34.0 Å². The molecule has 1 amide bonds. The molecule has 0 aromatic carbocycles. The van der Waals surface area contributed by atoms with E-state index in [-0.39, 0.29) is 28.6 Å². The van der Waals surface area contributed by atoms with Crippen LogP contribution in [-0.2, 0) is 17.6 Å². The molecule has 11 heteroatoms. The first kappa shape index (κ1) is 24.2. The molecule has 36 heavy (non-hydrogen) atoms. The first-order valence-corrected chi connectivity index (χ1v) is 13.9. The Balaban J connectivity index is 1.60. The first-order chi connectivity index (χ1) is 17.3. The number of rotatable bonds is 5. The van der Waals surface area contributed by atoms with Gasteiger partial charge in [0.15, 0.2) is 0 Å². The molecule has 1 atom stereocenters. The molecule has 0 saturated carbocycles. The van der Waals surface area contributed by atoms with E-state index < -0.39 is 11.9 Å². The predicted octanol–water partition coefficient (Wildman–Crippen LogP) is 5.68. The lowest BCUT2D eigenvalue weighted by Gasteiger charge is -2.18. The largest absolute Gasteiger partial charge is 0.462 e. The molecule has 1 aliphatic rings. The highest BCUT2D eigenvalue weighted by molar-refractivity contribution is 7.22. The monoisotopic (exact) mass is 537 g/mol. The minimum absolute atomic E-state index is 0.0891. The summed E-state index contributed by atoms with van der Waals surface area (Å²) in [6, 6.07) is 5.88. The van der Waals surface area contributed by atoms with Gasteiger partial charge in [-0.2, -0.15) is 5.26 Å². The Kier molecular flexibility index (Phi) is 6.42. The van der Waals surface area contributed by atoms with Crippen LogP contribution in [0.3, 0.4) is 0 Å². The van der Waals surface area contributed by atoms with Gasteiger partial charge in [-0.3, -0.25) is 4.79 Å². The van der Waals surface area contributed by atoms with Gasteiger partial charge in [-0.25, -0.2) is 9.78 Å². The van der Waals surface area contributed by atoms with E-state index in [1.807, 2.05) is 17.5 Å². The second-order valence-electron chi connectivity index (χ2n) is 8.59. The van der Waals surface area contributed by atoms with Crippen LogP contribution in [0.1, 0.15) is 56.3 Å². The number of nitriles is 1. The minimum Gasteiger partial charge on any atom is -0.462 e. The predicted molar refractivity (Wildman–Crippen MR) is 146 cm³/mol. The highest BCUT2D eigenvalue weighted by Gasteiger charge is 2.31.